The van der Waals surface area contributed by atoms with Gasteiger partial charge in [-0.3, -0.25) is 0 Å². The topological polar surface area (TPSA) is 9.23 Å². The van der Waals surface area contributed by atoms with Crippen LogP contribution in [0.3, 0.4) is 0 Å². The molecular formula is C19H20O. The van der Waals surface area contributed by atoms with Crippen LogP contribution in [-0.4, -0.2) is 6.61 Å². The smallest absolute Gasteiger partial charge is 0.125 e. The highest BCUT2D eigenvalue weighted by atomic mass is 16.5. The highest BCUT2D eigenvalue weighted by Gasteiger charge is 2.11. The fourth-order valence-electron chi connectivity index (χ4n) is 2.96. The highest BCUT2D eigenvalue weighted by molar-refractivity contribution is 6.10. The molecule has 0 heterocycles. The maximum atomic E-state index is 5.97. The Kier molecular flexibility index (Phi) is 3.35. The van der Waals surface area contributed by atoms with Gasteiger partial charge in [0.25, 0.3) is 0 Å². The van der Waals surface area contributed by atoms with Crippen LogP contribution in [0, 0.1) is 13.8 Å². The molecule has 0 atom stereocenters. The van der Waals surface area contributed by atoms with E-state index in [1.165, 1.54) is 32.7 Å². The number of benzene rings is 3. The summed E-state index contributed by atoms with van der Waals surface area (Å²) in [6, 6.07) is 15.2. The molecule has 0 amide bonds. The average molecular weight is 264 g/mol. The van der Waals surface area contributed by atoms with E-state index in [1.807, 2.05) is 0 Å². The standard InChI is InChI=1S/C19H20O/c1-4-11-20-19-13(2)12-16-10-9-15-7-5-6-8-17(15)18(16)14(19)3/h5-10,12H,4,11H2,1-3H3. The van der Waals surface area contributed by atoms with Gasteiger partial charge in [0, 0.05) is 0 Å². The van der Waals surface area contributed by atoms with Crippen LogP contribution in [0.5, 0.6) is 5.75 Å². The van der Waals surface area contributed by atoms with Gasteiger partial charge in [-0.1, -0.05) is 43.3 Å². The lowest BCUT2D eigenvalue weighted by atomic mass is 9.95. The minimum atomic E-state index is 0.776. The Hall–Kier alpha value is -2.02. The molecule has 1 heteroatoms. The summed E-state index contributed by atoms with van der Waals surface area (Å²) in [5.74, 6) is 1.05. The first-order chi connectivity index (χ1) is 9.72. The van der Waals surface area contributed by atoms with Gasteiger partial charge in [0.2, 0.25) is 0 Å². The van der Waals surface area contributed by atoms with Crippen molar-refractivity contribution in [3.05, 3.63) is 53.6 Å². The molecule has 0 unspecified atom stereocenters. The van der Waals surface area contributed by atoms with Crippen molar-refractivity contribution in [3.63, 3.8) is 0 Å². The monoisotopic (exact) mass is 264 g/mol. The normalized spacial score (nSPS) is 11.2. The molecule has 0 spiro atoms. The number of ether oxygens (including phenoxy) is 1. The predicted molar refractivity (Wildman–Crippen MR) is 86.7 cm³/mol. The predicted octanol–water partition coefficient (Wildman–Crippen LogP) is 5.40. The van der Waals surface area contributed by atoms with Crippen LogP contribution >= 0.6 is 0 Å². The molecule has 102 valence electrons. The van der Waals surface area contributed by atoms with Crippen LogP contribution < -0.4 is 4.74 Å². The van der Waals surface area contributed by atoms with Crippen LogP contribution in [0.25, 0.3) is 21.5 Å². The van der Waals surface area contributed by atoms with Crippen LogP contribution in [0.2, 0.25) is 0 Å². The number of hydrogen-bond acceptors (Lipinski definition) is 1. The summed E-state index contributed by atoms with van der Waals surface area (Å²) in [4.78, 5) is 0. The Labute approximate surface area is 120 Å². The van der Waals surface area contributed by atoms with Crippen molar-refractivity contribution in [1.29, 1.82) is 0 Å². The second-order valence-corrected chi connectivity index (χ2v) is 5.38. The first-order valence-corrected chi connectivity index (χ1v) is 7.27. The van der Waals surface area contributed by atoms with E-state index in [0.29, 0.717) is 0 Å². The Bertz CT molecular complexity index is 771. The van der Waals surface area contributed by atoms with Gasteiger partial charge in [-0.2, -0.15) is 0 Å². The molecule has 0 aliphatic carbocycles. The lowest BCUT2D eigenvalue weighted by molar-refractivity contribution is 0.314. The molecule has 3 aromatic carbocycles. The van der Waals surface area contributed by atoms with Crippen molar-refractivity contribution < 1.29 is 4.74 Å². The summed E-state index contributed by atoms with van der Waals surface area (Å²) in [6.07, 6.45) is 1.03. The number of rotatable bonds is 3. The van der Waals surface area contributed by atoms with E-state index in [2.05, 4.69) is 63.2 Å². The molecular weight excluding hydrogens is 244 g/mol. The van der Waals surface area contributed by atoms with Gasteiger partial charge in [0.05, 0.1) is 6.61 Å². The van der Waals surface area contributed by atoms with Crippen LogP contribution in [-0.2, 0) is 0 Å². The SMILES string of the molecule is CCCOc1c(C)cc2ccc3ccccc3c2c1C. The van der Waals surface area contributed by atoms with E-state index in [9.17, 15) is 0 Å². The Morgan fingerprint density at radius 2 is 1.70 bits per heavy atom. The van der Waals surface area contributed by atoms with Gasteiger partial charge in [-0.05, 0) is 59.0 Å². The molecule has 3 aromatic rings. The molecule has 0 fully saturated rings. The van der Waals surface area contributed by atoms with Crippen molar-refractivity contribution in [2.75, 3.05) is 6.61 Å². The summed E-state index contributed by atoms with van der Waals surface area (Å²) >= 11 is 0. The number of aryl methyl sites for hydroxylation is 2. The highest BCUT2D eigenvalue weighted by Crippen LogP contribution is 2.35. The Balaban J connectivity index is 2.35. The van der Waals surface area contributed by atoms with E-state index in [-0.39, 0.29) is 0 Å². The molecule has 0 saturated heterocycles. The molecule has 0 radical (unpaired) electrons. The van der Waals surface area contributed by atoms with Gasteiger partial charge in [-0.25, -0.2) is 0 Å². The van der Waals surface area contributed by atoms with E-state index in [4.69, 9.17) is 4.74 Å². The first-order valence-electron chi connectivity index (χ1n) is 7.27. The maximum absolute atomic E-state index is 5.97. The number of fused-ring (bicyclic) bond motifs is 3. The van der Waals surface area contributed by atoms with Gasteiger partial charge in [0.1, 0.15) is 5.75 Å². The lowest BCUT2D eigenvalue weighted by Crippen LogP contribution is -2.00. The zero-order valence-corrected chi connectivity index (χ0v) is 12.4. The fourth-order valence-corrected chi connectivity index (χ4v) is 2.96. The van der Waals surface area contributed by atoms with Gasteiger partial charge in [-0.15, -0.1) is 0 Å². The summed E-state index contributed by atoms with van der Waals surface area (Å²) in [5, 5.41) is 5.21. The largest absolute Gasteiger partial charge is 0.493 e. The molecule has 0 aliphatic rings. The molecule has 0 bridgehead atoms. The third kappa shape index (κ3) is 2.03. The van der Waals surface area contributed by atoms with Crippen molar-refractivity contribution in [1.82, 2.24) is 0 Å². The summed E-state index contributed by atoms with van der Waals surface area (Å²) < 4.78 is 5.97. The Morgan fingerprint density at radius 3 is 2.50 bits per heavy atom. The second kappa shape index (κ2) is 5.16. The quantitative estimate of drug-likeness (QED) is 0.576. The third-order valence-corrected chi connectivity index (χ3v) is 3.86. The van der Waals surface area contributed by atoms with Gasteiger partial charge < -0.3 is 4.74 Å². The Morgan fingerprint density at radius 1 is 0.950 bits per heavy atom. The van der Waals surface area contributed by atoms with E-state index >= 15 is 0 Å². The van der Waals surface area contributed by atoms with Crippen LogP contribution in [0.1, 0.15) is 24.5 Å². The average Bonchev–Trinajstić information content (AvgIpc) is 2.46. The molecule has 3 rings (SSSR count). The summed E-state index contributed by atoms with van der Waals surface area (Å²) in [5.41, 5.74) is 2.48. The molecule has 20 heavy (non-hydrogen) atoms. The van der Waals surface area contributed by atoms with Crippen molar-refractivity contribution in [2.45, 2.75) is 27.2 Å². The van der Waals surface area contributed by atoms with Crippen molar-refractivity contribution in [3.8, 4) is 5.75 Å². The van der Waals surface area contributed by atoms with Gasteiger partial charge in [0.15, 0.2) is 0 Å². The summed E-state index contributed by atoms with van der Waals surface area (Å²) in [7, 11) is 0. The fraction of sp³-hybridized carbons (Fsp3) is 0.263. The van der Waals surface area contributed by atoms with E-state index < -0.39 is 0 Å². The number of hydrogen-bond donors (Lipinski definition) is 0. The molecule has 1 nitrogen and oxygen atoms in total. The van der Waals surface area contributed by atoms with Crippen molar-refractivity contribution in [2.24, 2.45) is 0 Å². The minimum Gasteiger partial charge on any atom is -0.493 e. The van der Waals surface area contributed by atoms with E-state index in [0.717, 1.165) is 18.8 Å². The molecule has 0 aromatic heterocycles. The zero-order valence-electron chi connectivity index (χ0n) is 12.4. The van der Waals surface area contributed by atoms with E-state index in [1.54, 1.807) is 0 Å². The molecule has 0 N–H and O–H groups in total. The summed E-state index contributed by atoms with van der Waals surface area (Å²) in [6.45, 7) is 7.22. The van der Waals surface area contributed by atoms with Crippen molar-refractivity contribution >= 4 is 21.5 Å². The molecule has 0 saturated carbocycles. The lowest BCUT2D eigenvalue weighted by Gasteiger charge is -2.15. The minimum absolute atomic E-state index is 0.776. The maximum Gasteiger partial charge on any atom is 0.125 e. The van der Waals surface area contributed by atoms with Gasteiger partial charge >= 0.3 is 0 Å². The molecule has 0 aliphatic heterocycles. The second-order valence-electron chi connectivity index (χ2n) is 5.38. The van der Waals surface area contributed by atoms with Crippen LogP contribution in [0.4, 0.5) is 0 Å². The first kappa shape index (κ1) is 13.0. The third-order valence-electron chi connectivity index (χ3n) is 3.86. The zero-order chi connectivity index (χ0) is 14.1. The van der Waals surface area contributed by atoms with Crippen LogP contribution in [0.15, 0.2) is 42.5 Å².